The van der Waals surface area contributed by atoms with E-state index in [1.165, 1.54) is 12.1 Å². The standard InChI is InChI=1S/C25H18FN3O2/c26-21-6-3-4-18(13-21)16-29-11-10-19-12-17(8-9-22(19)29)15-27-28-25(30)24-14-20-5-1-2-7-23(20)31-24/h1-15H,16H2,(H,28,30)/b27-15-. The largest absolute Gasteiger partial charge is 0.451 e. The van der Waals surface area contributed by atoms with E-state index in [-0.39, 0.29) is 11.6 Å². The molecule has 6 heteroatoms. The summed E-state index contributed by atoms with van der Waals surface area (Å²) in [6, 6.07) is 23.6. The summed E-state index contributed by atoms with van der Waals surface area (Å²) >= 11 is 0. The van der Waals surface area contributed by atoms with Crippen LogP contribution in [0.2, 0.25) is 0 Å². The van der Waals surface area contributed by atoms with E-state index in [1.54, 1.807) is 18.3 Å². The number of benzene rings is 3. The highest BCUT2D eigenvalue weighted by Gasteiger charge is 2.11. The lowest BCUT2D eigenvalue weighted by Gasteiger charge is -2.06. The number of para-hydroxylation sites is 1. The minimum Gasteiger partial charge on any atom is -0.451 e. The van der Waals surface area contributed by atoms with Crippen LogP contribution < -0.4 is 5.43 Å². The molecule has 2 aromatic heterocycles. The number of furan rings is 1. The molecule has 1 amide bonds. The van der Waals surface area contributed by atoms with E-state index >= 15 is 0 Å². The van der Waals surface area contributed by atoms with Crippen LogP contribution in [0, 0.1) is 5.82 Å². The Hall–Kier alpha value is -4.19. The molecule has 0 saturated carbocycles. The minimum absolute atomic E-state index is 0.211. The molecule has 0 unspecified atom stereocenters. The number of aromatic nitrogens is 1. The molecule has 0 bridgehead atoms. The highest BCUT2D eigenvalue weighted by molar-refractivity contribution is 5.97. The van der Waals surface area contributed by atoms with Crippen LogP contribution in [-0.4, -0.2) is 16.7 Å². The Kier molecular flexibility index (Phi) is 4.80. The molecule has 152 valence electrons. The summed E-state index contributed by atoms with van der Waals surface area (Å²) in [4.78, 5) is 12.3. The third-order valence-corrected chi connectivity index (χ3v) is 5.07. The monoisotopic (exact) mass is 411 g/mol. The maximum atomic E-state index is 13.4. The fourth-order valence-electron chi connectivity index (χ4n) is 3.58. The molecule has 3 aromatic carbocycles. The number of hydrogen-bond donors (Lipinski definition) is 1. The molecule has 0 radical (unpaired) electrons. The van der Waals surface area contributed by atoms with Crippen LogP contribution in [0.5, 0.6) is 0 Å². The second-order valence-corrected chi connectivity index (χ2v) is 7.24. The number of nitrogens with one attached hydrogen (secondary N) is 1. The van der Waals surface area contributed by atoms with Crippen LogP contribution in [0.4, 0.5) is 4.39 Å². The normalized spacial score (nSPS) is 11.5. The van der Waals surface area contributed by atoms with E-state index < -0.39 is 5.91 Å². The van der Waals surface area contributed by atoms with Gasteiger partial charge in [0.25, 0.3) is 0 Å². The van der Waals surface area contributed by atoms with E-state index in [0.29, 0.717) is 12.1 Å². The molecule has 2 heterocycles. The zero-order valence-electron chi connectivity index (χ0n) is 16.5. The number of halogens is 1. The fourth-order valence-corrected chi connectivity index (χ4v) is 3.58. The summed E-state index contributed by atoms with van der Waals surface area (Å²) in [5, 5.41) is 5.94. The Labute approximate surface area is 177 Å². The Balaban J connectivity index is 1.29. The Morgan fingerprint density at radius 2 is 1.90 bits per heavy atom. The SMILES string of the molecule is O=C(N/N=C\c1ccc2c(ccn2Cc2cccc(F)c2)c1)c1cc2ccccc2o1. The lowest BCUT2D eigenvalue weighted by atomic mass is 10.1. The van der Waals surface area contributed by atoms with Gasteiger partial charge in [-0.2, -0.15) is 5.10 Å². The maximum absolute atomic E-state index is 13.4. The molecule has 5 aromatic rings. The van der Waals surface area contributed by atoms with Gasteiger partial charge in [-0.15, -0.1) is 0 Å². The Morgan fingerprint density at radius 3 is 2.77 bits per heavy atom. The third kappa shape index (κ3) is 3.96. The van der Waals surface area contributed by atoms with Crippen LogP contribution in [0.1, 0.15) is 21.7 Å². The van der Waals surface area contributed by atoms with E-state index in [0.717, 1.165) is 27.4 Å². The molecule has 0 aliphatic rings. The van der Waals surface area contributed by atoms with Crippen molar-refractivity contribution in [1.29, 1.82) is 0 Å². The molecule has 0 atom stereocenters. The average molecular weight is 411 g/mol. The number of hydrogen-bond acceptors (Lipinski definition) is 3. The molecule has 31 heavy (non-hydrogen) atoms. The van der Waals surface area contributed by atoms with Gasteiger partial charge in [-0.25, -0.2) is 9.82 Å². The third-order valence-electron chi connectivity index (χ3n) is 5.07. The van der Waals surface area contributed by atoms with E-state index in [1.807, 2.05) is 60.8 Å². The number of nitrogens with zero attached hydrogens (tertiary/aromatic N) is 2. The first-order chi connectivity index (χ1) is 15.2. The molecule has 0 spiro atoms. The number of hydrazone groups is 1. The van der Waals surface area contributed by atoms with Gasteiger partial charge in [0, 0.05) is 29.0 Å². The second-order valence-electron chi connectivity index (χ2n) is 7.24. The Morgan fingerprint density at radius 1 is 1.00 bits per heavy atom. The van der Waals surface area contributed by atoms with Crippen molar-refractivity contribution in [2.24, 2.45) is 5.10 Å². The van der Waals surface area contributed by atoms with E-state index in [4.69, 9.17) is 4.42 Å². The smallest absolute Gasteiger partial charge is 0.307 e. The van der Waals surface area contributed by atoms with Gasteiger partial charge in [-0.05, 0) is 53.6 Å². The quantitative estimate of drug-likeness (QED) is 0.314. The highest BCUT2D eigenvalue weighted by atomic mass is 19.1. The van der Waals surface area contributed by atoms with Crippen molar-refractivity contribution in [3.63, 3.8) is 0 Å². The molecule has 0 aliphatic heterocycles. The van der Waals surface area contributed by atoms with Gasteiger partial charge in [-0.3, -0.25) is 4.79 Å². The first-order valence-electron chi connectivity index (χ1n) is 9.81. The van der Waals surface area contributed by atoms with Crippen LogP contribution >= 0.6 is 0 Å². The summed E-state index contributed by atoms with van der Waals surface area (Å²) in [7, 11) is 0. The van der Waals surface area contributed by atoms with Crippen LogP contribution in [-0.2, 0) is 6.54 Å². The van der Waals surface area contributed by atoms with E-state index in [2.05, 4.69) is 15.1 Å². The summed E-state index contributed by atoms with van der Waals surface area (Å²) in [5.74, 6) is -0.435. The predicted octanol–water partition coefficient (Wildman–Crippen LogP) is 5.34. The molecular weight excluding hydrogens is 393 g/mol. The number of carbonyl (C=O) groups is 1. The first-order valence-corrected chi connectivity index (χ1v) is 9.81. The number of carbonyl (C=O) groups excluding carboxylic acids is 1. The number of fused-ring (bicyclic) bond motifs is 2. The summed E-state index contributed by atoms with van der Waals surface area (Å²) in [6.07, 6.45) is 3.56. The topological polar surface area (TPSA) is 59.5 Å². The lowest BCUT2D eigenvalue weighted by Crippen LogP contribution is -2.16. The molecule has 0 fully saturated rings. The van der Waals surface area contributed by atoms with Gasteiger partial charge in [0.15, 0.2) is 5.76 Å². The lowest BCUT2D eigenvalue weighted by molar-refractivity contribution is 0.0929. The highest BCUT2D eigenvalue weighted by Crippen LogP contribution is 2.20. The second kappa shape index (κ2) is 7.91. The van der Waals surface area contributed by atoms with Crippen molar-refractivity contribution in [1.82, 2.24) is 9.99 Å². The van der Waals surface area contributed by atoms with Crippen molar-refractivity contribution >= 4 is 34.0 Å². The van der Waals surface area contributed by atoms with E-state index in [9.17, 15) is 9.18 Å². The van der Waals surface area contributed by atoms with Crippen LogP contribution in [0.3, 0.4) is 0 Å². The molecule has 0 saturated heterocycles. The van der Waals surface area contributed by atoms with Gasteiger partial charge in [0.1, 0.15) is 11.4 Å². The maximum Gasteiger partial charge on any atom is 0.307 e. The molecule has 5 nitrogen and oxygen atoms in total. The zero-order chi connectivity index (χ0) is 21.2. The zero-order valence-corrected chi connectivity index (χ0v) is 16.5. The molecular formula is C25H18FN3O2. The summed E-state index contributed by atoms with van der Waals surface area (Å²) in [5.41, 5.74) is 5.94. The van der Waals surface area contributed by atoms with Crippen molar-refractivity contribution in [2.75, 3.05) is 0 Å². The molecule has 0 aliphatic carbocycles. The van der Waals surface area contributed by atoms with Crippen LogP contribution in [0.15, 0.2) is 94.6 Å². The predicted molar refractivity (Wildman–Crippen MR) is 119 cm³/mol. The first kappa shape index (κ1) is 18.8. The van der Waals surface area contributed by atoms with Gasteiger partial charge >= 0.3 is 5.91 Å². The van der Waals surface area contributed by atoms with Gasteiger partial charge in [0.2, 0.25) is 0 Å². The molecule has 5 rings (SSSR count). The summed E-state index contributed by atoms with van der Waals surface area (Å²) < 4.78 is 21.0. The average Bonchev–Trinajstić information content (AvgIpc) is 3.38. The Bertz CT molecular complexity index is 1400. The van der Waals surface area contributed by atoms with Crippen molar-refractivity contribution < 1.29 is 13.6 Å². The van der Waals surface area contributed by atoms with Gasteiger partial charge in [-0.1, -0.05) is 36.4 Å². The van der Waals surface area contributed by atoms with Gasteiger partial charge in [0.05, 0.1) is 6.21 Å². The van der Waals surface area contributed by atoms with Crippen LogP contribution in [0.25, 0.3) is 21.9 Å². The number of rotatable bonds is 5. The van der Waals surface area contributed by atoms with Crippen molar-refractivity contribution in [3.8, 4) is 0 Å². The molecule has 1 N–H and O–H groups in total. The number of amides is 1. The van der Waals surface area contributed by atoms with Crippen molar-refractivity contribution in [2.45, 2.75) is 6.54 Å². The fraction of sp³-hybridized carbons (Fsp3) is 0.0400. The minimum atomic E-state index is -0.408. The van der Waals surface area contributed by atoms with Gasteiger partial charge < -0.3 is 8.98 Å². The summed E-state index contributed by atoms with van der Waals surface area (Å²) in [6.45, 7) is 0.586. The van der Waals surface area contributed by atoms with Crippen molar-refractivity contribution in [3.05, 3.63) is 108 Å².